The molecule has 0 spiro atoms. The highest BCUT2D eigenvalue weighted by Gasteiger charge is 2.19. The first-order valence-corrected chi connectivity index (χ1v) is 8.62. The molecule has 2 aromatic carbocycles. The lowest BCUT2D eigenvalue weighted by Crippen LogP contribution is -2.51. The molecular formula is C19H20ClN3O5. The highest BCUT2D eigenvalue weighted by atomic mass is 35.5. The van der Waals surface area contributed by atoms with Crippen LogP contribution in [0.5, 0.6) is 11.5 Å². The number of hydrogen-bond donors (Lipinski definition) is 3. The second-order valence-electron chi connectivity index (χ2n) is 5.72. The number of ether oxygens (including phenoxy) is 2. The normalized spacial score (nSPS) is 11.1. The summed E-state index contributed by atoms with van der Waals surface area (Å²) >= 11 is 5.96. The highest BCUT2D eigenvalue weighted by molar-refractivity contribution is 6.33. The fraction of sp³-hybridized carbons (Fsp3) is 0.211. The maximum atomic E-state index is 12.3. The molecular weight excluding hydrogens is 386 g/mol. The van der Waals surface area contributed by atoms with E-state index in [0.717, 1.165) is 0 Å². The quantitative estimate of drug-likeness (QED) is 0.637. The van der Waals surface area contributed by atoms with E-state index in [2.05, 4.69) is 16.2 Å². The van der Waals surface area contributed by atoms with Crippen LogP contribution in [0.1, 0.15) is 27.6 Å². The molecule has 148 valence electrons. The van der Waals surface area contributed by atoms with Crippen molar-refractivity contribution in [1.82, 2.24) is 16.2 Å². The van der Waals surface area contributed by atoms with E-state index >= 15 is 0 Å². The zero-order valence-electron chi connectivity index (χ0n) is 15.5. The molecule has 0 heterocycles. The van der Waals surface area contributed by atoms with Crippen LogP contribution in [0.4, 0.5) is 0 Å². The van der Waals surface area contributed by atoms with Gasteiger partial charge in [-0.05, 0) is 31.2 Å². The molecule has 0 fully saturated rings. The molecule has 0 saturated carbocycles. The number of nitrogens with one attached hydrogen (secondary N) is 3. The van der Waals surface area contributed by atoms with Gasteiger partial charge in [0, 0.05) is 11.6 Å². The summed E-state index contributed by atoms with van der Waals surface area (Å²) in [7, 11) is 2.92. The summed E-state index contributed by atoms with van der Waals surface area (Å²) in [6, 6.07) is 10.2. The summed E-state index contributed by atoms with van der Waals surface area (Å²) in [6.07, 6.45) is 0. The van der Waals surface area contributed by atoms with E-state index in [1.807, 2.05) is 0 Å². The Morgan fingerprint density at radius 2 is 1.54 bits per heavy atom. The number of carbonyl (C=O) groups excluding carboxylic acids is 3. The van der Waals surface area contributed by atoms with Crippen LogP contribution in [-0.4, -0.2) is 38.0 Å². The molecule has 9 heteroatoms. The molecule has 3 amide bonds. The summed E-state index contributed by atoms with van der Waals surface area (Å²) in [5.74, 6) is -0.830. The predicted molar refractivity (Wildman–Crippen MR) is 104 cm³/mol. The molecule has 0 unspecified atom stereocenters. The van der Waals surface area contributed by atoms with Crippen molar-refractivity contribution >= 4 is 29.3 Å². The van der Waals surface area contributed by atoms with Gasteiger partial charge in [-0.15, -0.1) is 0 Å². The zero-order chi connectivity index (χ0) is 20.7. The van der Waals surface area contributed by atoms with Gasteiger partial charge in [-0.1, -0.05) is 23.7 Å². The number of rotatable bonds is 6. The monoisotopic (exact) mass is 405 g/mol. The third kappa shape index (κ3) is 5.37. The lowest BCUT2D eigenvalue weighted by Gasteiger charge is -2.15. The van der Waals surface area contributed by atoms with E-state index in [1.54, 1.807) is 30.3 Å². The van der Waals surface area contributed by atoms with Gasteiger partial charge in [0.1, 0.15) is 17.5 Å². The van der Waals surface area contributed by atoms with Gasteiger partial charge in [0.15, 0.2) is 0 Å². The van der Waals surface area contributed by atoms with Crippen LogP contribution in [-0.2, 0) is 4.79 Å². The van der Waals surface area contributed by atoms with Crippen molar-refractivity contribution < 1.29 is 23.9 Å². The summed E-state index contributed by atoms with van der Waals surface area (Å²) in [6.45, 7) is 1.48. The van der Waals surface area contributed by atoms with E-state index in [9.17, 15) is 14.4 Å². The van der Waals surface area contributed by atoms with E-state index in [-0.39, 0.29) is 16.1 Å². The van der Waals surface area contributed by atoms with Crippen LogP contribution in [0.2, 0.25) is 5.02 Å². The number of carbonyl (C=O) groups is 3. The average molecular weight is 406 g/mol. The first-order chi connectivity index (χ1) is 13.3. The Labute approximate surface area is 167 Å². The fourth-order valence-corrected chi connectivity index (χ4v) is 2.44. The van der Waals surface area contributed by atoms with Crippen LogP contribution < -0.4 is 25.6 Å². The Balaban J connectivity index is 1.95. The van der Waals surface area contributed by atoms with Gasteiger partial charge in [0.2, 0.25) is 0 Å². The molecule has 0 aliphatic carbocycles. The topological polar surface area (TPSA) is 106 Å². The molecule has 3 N–H and O–H groups in total. The van der Waals surface area contributed by atoms with Crippen molar-refractivity contribution in [3.8, 4) is 11.5 Å². The molecule has 2 aromatic rings. The first kappa shape index (κ1) is 21.0. The van der Waals surface area contributed by atoms with Crippen LogP contribution in [0.15, 0.2) is 42.5 Å². The molecule has 0 aliphatic rings. The van der Waals surface area contributed by atoms with Crippen molar-refractivity contribution in [2.45, 2.75) is 13.0 Å². The van der Waals surface area contributed by atoms with Crippen LogP contribution >= 0.6 is 11.6 Å². The second-order valence-corrected chi connectivity index (χ2v) is 6.13. The lowest BCUT2D eigenvalue weighted by molar-refractivity contribution is -0.123. The Kier molecular flexibility index (Phi) is 7.22. The number of methoxy groups -OCH3 is 2. The van der Waals surface area contributed by atoms with Crippen molar-refractivity contribution in [3.05, 3.63) is 58.6 Å². The average Bonchev–Trinajstić information content (AvgIpc) is 2.71. The van der Waals surface area contributed by atoms with E-state index in [4.69, 9.17) is 21.1 Å². The molecule has 0 aromatic heterocycles. The summed E-state index contributed by atoms with van der Waals surface area (Å²) in [4.78, 5) is 36.6. The number of hydrogen-bond acceptors (Lipinski definition) is 5. The van der Waals surface area contributed by atoms with Crippen molar-refractivity contribution in [1.29, 1.82) is 0 Å². The smallest absolute Gasteiger partial charge is 0.269 e. The highest BCUT2D eigenvalue weighted by Crippen LogP contribution is 2.22. The second kappa shape index (κ2) is 9.61. The van der Waals surface area contributed by atoms with E-state index in [0.29, 0.717) is 11.5 Å². The largest absolute Gasteiger partial charge is 0.497 e. The molecule has 1 atom stereocenters. The molecule has 0 saturated heterocycles. The zero-order valence-corrected chi connectivity index (χ0v) is 16.3. The van der Waals surface area contributed by atoms with Crippen LogP contribution in [0, 0.1) is 0 Å². The van der Waals surface area contributed by atoms with Gasteiger partial charge in [0.25, 0.3) is 17.7 Å². The van der Waals surface area contributed by atoms with Crippen molar-refractivity contribution in [2.75, 3.05) is 14.2 Å². The minimum atomic E-state index is -0.913. The Morgan fingerprint density at radius 1 is 0.929 bits per heavy atom. The van der Waals surface area contributed by atoms with Gasteiger partial charge in [-0.25, -0.2) is 0 Å². The predicted octanol–water partition coefficient (Wildman–Crippen LogP) is 1.94. The van der Waals surface area contributed by atoms with Crippen LogP contribution in [0.3, 0.4) is 0 Å². The van der Waals surface area contributed by atoms with Crippen molar-refractivity contribution in [2.24, 2.45) is 0 Å². The standard InChI is InChI=1S/C19H20ClN3O5/c1-11(21-19(26)15-6-4-5-7-16(15)20)17(24)22-23-18(25)12-8-13(27-2)10-14(9-12)28-3/h4-11H,1-3H3,(H,21,26)(H,22,24)(H,23,25)/t11-/m0/s1. The molecule has 0 radical (unpaired) electrons. The maximum absolute atomic E-state index is 12.3. The van der Waals surface area contributed by atoms with Gasteiger partial charge in [-0.2, -0.15) is 0 Å². The summed E-state index contributed by atoms with van der Waals surface area (Å²) < 4.78 is 10.2. The summed E-state index contributed by atoms with van der Waals surface area (Å²) in [5, 5.41) is 2.78. The van der Waals surface area contributed by atoms with E-state index < -0.39 is 23.8 Å². The van der Waals surface area contributed by atoms with Gasteiger partial charge >= 0.3 is 0 Å². The number of benzene rings is 2. The van der Waals surface area contributed by atoms with Gasteiger partial charge in [-0.3, -0.25) is 25.2 Å². The summed E-state index contributed by atoms with van der Waals surface area (Å²) in [5.41, 5.74) is 5.01. The number of halogens is 1. The lowest BCUT2D eigenvalue weighted by atomic mass is 10.2. The van der Waals surface area contributed by atoms with Gasteiger partial charge < -0.3 is 14.8 Å². The minimum absolute atomic E-state index is 0.226. The first-order valence-electron chi connectivity index (χ1n) is 8.24. The van der Waals surface area contributed by atoms with Crippen molar-refractivity contribution in [3.63, 3.8) is 0 Å². The number of amides is 3. The minimum Gasteiger partial charge on any atom is -0.497 e. The SMILES string of the molecule is COc1cc(OC)cc(C(=O)NNC(=O)[C@H](C)NC(=O)c2ccccc2Cl)c1. The molecule has 0 bridgehead atoms. The van der Waals surface area contributed by atoms with Gasteiger partial charge in [0.05, 0.1) is 24.8 Å². The molecule has 2 rings (SSSR count). The molecule has 28 heavy (non-hydrogen) atoms. The third-order valence-corrected chi connectivity index (χ3v) is 4.10. The Hall–Kier alpha value is -3.26. The van der Waals surface area contributed by atoms with E-state index in [1.165, 1.54) is 33.3 Å². The third-order valence-electron chi connectivity index (χ3n) is 3.77. The number of hydrazine groups is 1. The Morgan fingerprint density at radius 3 is 2.11 bits per heavy atom. The molecule has 0 aliphatic heterocycles. The Bertz CT molecular complexity index is 865. The molecule has 8 nitrogen and oxygen atoms in total. The fourth-order valence-electron chi connectivity index (χ4n) is 2.22. The maximum Gasteiger partial charge on any atom is 0.269 e. The van der Waals surface area contributed by atoms with Crippen LogP contribution in [0.25, 0.3) is 0 Å².